The lowest BCUT2D eigenvalue weighted by atomic mass is 9.98. The molecule has 178 valence electrons. The third kappa shape index (κ3) is 4.54. The summed E-state index contributed by atoms with van der Waals surface area (Å²) >= 11 is 0. The van der Waals surface area contributed by atoms with Gasteiger partial charge in [-0.1, -0.05) is 36.4 Å². The molecule has 0 aliphatic carbocycles. The van der Waals surface area contributed by atoms with Crippen molar-refractivity contribution in [3.05, 3.63) is 83.9 Å². The summed E-state index contributed by atoms with van der Waals surface area (Å²) in [7, 11) is 0. The molecule has 5 rings (SSSR count). The fourth-order valence-corrected chi connectivity index (χ4v) is 3.77. The van der Waals surface area contributed by atoms with Crippen LogP contribution >= 0.6 is 0 Å². The first-order valence-corrected chi connectivity index (χ1v) is 10.7. The van der Waals surface area contributed by atoms with Gasteiger partial charge in [0.05, 0.1) is 17.7 Å². The molecule has 1 fully saturated rings. The van der Waals surface area contributed by atoms with Gasteiger partial charge in [-0.15, -0.1) is 0 Å². The van der Waals surface area contributed by atoms with E-state index in [0.29, 0.717) is 5.56 Å². The molecule has 35 heavy (non-hydrogen) atoms. The van der Waals surface area contributed by atoms with E-state index >= 15 is 0 Å². The Kier molecular flexibility index (Phi) is 6.08. The van der Waals surface area contributed by atoms with Gasteiger partial charge in [0.15, 0.2) is 24.0 Å². The van der Waals surface area contributed by atoms with Crippen LogP contribution in [-0.2, 0) is 14.2 Å². The van der Waals surface area contributed by atoms with Crippen LogP contribution in [0.2, 0.25) is 0 Å². The molecule has 0 radical (unpaired) electrons. The fraction of sp³-hybridized carbons (Fsp3) is 0.208. The number of benzene rings is 2. The van der Waals surface area contributed by atoms with Crippen molar-refractivity contribution >= 4 is 23.1 Å². The summed E-state index contributed by atoms with van der Waals surface area (Å²) in [6.45, 7) is -0.196. The van der Waals surface area contributed by atoms with Crippen LogP contribution in [0.4, 0.5) is 0 Å². The maximum absolute atomic E-state index is 12.8. The van der Waals surface area contributed by atoms with Crippen molar-refractivity contribution in [2.75, 3.05) is 6.61 Å². The van der Waals surface area contributed by atoms with Crippen molar-refractivity contribution in [1.82, 2.24) is 19.9 Å². The minimum absolute atomic E-state index is 0.147. The van der Waals surface area contributed by atoms with Crippen LogP contribution in [0.3, 0.4) is 0 Å². The molecule has 4 atom stereocenters. The Morgan fingerprint density at radius 1 is 0.943 bits per heavy atom. The summed E-state index contributed by atoms with van der Waals surface area (Å²) < 4.78 is 17.0. The zero-order valence-electron chi connectivity index (χ0n) is 18.1. The number of hydrogen-bond acceptors (Lipinski definition) is 10. The predicted molar refractivity (Wildman–Crippen MR) is 119 cm³/mol. The van der Waals surface area contributed by atoms with E-state index in [2.05, 4.69) is 19.9 Å². The largest absolute Gasteiger partial charge is 0.492 e. The number of aromatic nitrogens is 4. The molecule has 1 aliphatic rings. The number of esters is 2. The molecule has 0 bridgehead atoms. The number of imidazole rings is 1. The Hall–Kier alpha value is -4.35. The van der Waals surface area contributed by atoms with Gasteiger partial charge in [0.2, 0.25) is 5.88 Å². The second kappa shape index (κ2) is 9.49. The van der Waals surface area contributed by atoms with Crippen LogP contribution in [-0.4, -0.2) is 67.0 Å². The van der Waals surface area contributed by atoms with Crippen molar-refractivity contribution in [3.63, 3.8) is 0 Å². The van der Waals surface area contributed by atoms with Crippen LogP contribution in [0.5, 0.6) is 5.88 Å². The van der Waals surface area contributed by atoms with E-state index in [1.54, 1.807) is 60.7 Å². The van der Waals surface area contributed by atoms with Gasteiger partial charge < -0.3 is 29.4 Å². The standard InChI is InChI=1S/C24H20N4O7/c29-17-15(34-23(31)13-7-3-1-4-8-13)11-33-19(18(17)35-24(32)14-9-5-2-6-10-14)21-27-16-20(28-21)25-12-26-22(16)30/h1-10,12,15,17-19,29H,11H2,(H2,25,26,27,28,30)/t15-,17-,18-,19-/m1/s1. The number of hydrogen-bond donors (Lipinski definition) is 3. The molecule has 11 nitrogen and oxygen atoms in total. The third-order valence-corrected chi connectivity index (χ3v) is 5.53. The Labute approximate surface area is 198 Å². The highest BCUT2D eigenvalue weighted by Gasteiger charge is 2.46. The molecule has 0 amide bonds. The van der Waals surface area contributed by atoms with E-state index in [0.717, 1.165) is 6.33 Å². The monoisotopic (exact) mass is 476 g/mol. The number of nitrogens with one attached hydrogen (secondary N) is 1. The zero-order valence-corrected chi connectivity index (χ0v) is 18.1. The van der Waals surface area contributed by atoms with Crippen molar-refractivity contribution < 1.29 is 34.0 Å². The van der Waals surface area contributed by atoms with Gasteiger partial charge in [0, 0.05) is 0 Å². The summed E-state index contributed by atoms with van der Waals surface area (Å²) in [4.78, 5) is 40.2. The van der Waals surface area contributed by atoms with E-state index in [1.807, 2.05) is 0 Å². The van der Waals surface area contributed by atoms with Gasteiger partial charge in [0.25, 0.3) is 0 Å². The lowest BCUT2D eigenvalue weighted by Gasteiger charge is -2.38. The van der Waals surface area contributed by atoms with Gasteiger partial charge in [0.1, 0.15) is 23.8 Å². The lowest BCUT2D eigenvalue weighted by Crippen LogP contribution is -2.52. The highest BCUT2D eigenvalue weighted by Crippen LogP contribution is 2.33. The molecule has 1 saturated heterocycles. The highest BCUT2D eigenvalue weighted by atomic mass is 16.6. The molecule has 4 aromatic rings. The maximum Gasteiger partial charge on any atom is 0.338 e. The SMILES string of the molecule is O=C(O[C@@H]1[C@H](O)[C@H](OC(=O)c2ccccc2)CO[C@H]1c1nc2ncnc(O)c2[nH]1)c1ccccc1. The molecule has 0 saturated carbocycles. The second-order valence-corrected chi connectivity index (χ2v) is 7.81. The van der Waals surface area contributed by atoms with Gasteiger partial charge >= 0.3 is 11.9 Å². The van der Waals surface area contributed by atoms with Crippen LogP contribution in [0.1, 0.15) is 32.6 Å². The number of nitrogens with zero attached hydrogens (tertiary/aromatic N) is 3. The smallest absolute Gasteiger partial charge is 0.338 e. The van der Waals surface area contributed by atoms with Gasteiger partial charge in [-0.25, -0.2) is 19.6 Å². The van der Waals surface area contributed by atoms with E-state index in [1.165, 1.54) is 0 Å². The van der Waals surface area contributed by atoms with Crippen molar-refractivity contribution in [2.24, 2.45) is 0 Å². The summed E-state index contributed by atoms with van der Waals surface area (Å²) in [5, 5.41) is 21.1. The van der Waals surface area contributed by atoms with Crippen LogP contribution in [0, 0.1) is 0 Å². The Bertz CT molecular complexity index is 1350. The number of rotatable bonds is 5. The number of aromatic hydroxyl groups is 1. The minimum Gasteiger partial charge on any atom is -0.492 e. The molecule has 3 N–H and O–H groups in total. The van der Waals surface area contributed by atoms with Crippen molar-refractivity contribution in [3.8, 4) is 5.88 Å². The summed E-state index contributed by atoms with van der Waals surface area (Å²) in [6, 6.07) is 16.5. The number of ether oxygens (including phenoxy) is 3. The van der Waals surface area contributed by atoms with E-state index in [4.69, 9.17) is 14.2 Å². The van der Waals surface area contributed by atoms with Gasteiger partial charge in [-0.2, -0.15) is 4.98 Å². The van der Waals surface area contributed by atoms with E-state index < -0.39 is 36.4 Å². The molecule has 0 spiro atoms. The minimum atomic E-state index is -1.44. The zero-order chi connectivity index (χ0) is 24.4. The normalized spacial score (nSPS) is 22.0. The third-order valence-electron chi connectivity index (χ3n) is 5.53. The van der Waals surface area contributed by atoms with Crippen LogP contribution in [0.25, 0.3) is 11.2 Å². The first kappa shape index (κ1) is 22.4. The summed E-state index contributed by atoms with van der Waals surface area (Å²) in [6.07, 6.45) is -3.80. The highest BCUT2D eigenvalue weighted by molar-refractivity contribution is 5.90. The Morgan fingerprint density at radius 2 is 1.57 bits per heavy atom. The topological polar surface area (TPSA) is 157 Å². The fourth-order valence-electron chi connectivity index (χ4n) is 3.77. The Morgan fingerprint density at radius 3 is 2.20 bits per heavy atom. The number of carbonyl (C=O) groups excluding carboxylic acids is 2. The second-order valence-electron chi connectivity index (χ2n) is 7.81. The molecule has 1 aliphatic heterocycles. The number of aromatic amines is 1. The molecule has 3 heterocycles. The van der Waals surface area contributed by atoms with Crippen molar-refractivity contribution in [1.29, 1.82) is 0 Å². The van der Waals surface area contributed by atoms with E-state index in [-0.39, 0.29) is 35.0 Å². The quantitative estimate of drug-likeness (QED) is 0.364. The molecular weight excluding hydrogens is 456 g/mol. The average Bonchev–Trinajstić information content (AvgIpc) is 3.33. The number of H-pyrrole nitrogens is 1. The van der Waals surface area contributed by atoms with Crippen LogP contribution in [0.15, 0.2) is 67.0 Å². The lowest BCUT2D eigenvalue weighted by molar-refractivity contribution is -0.192. The molecular formula is C24H20N4O7. The first-order valence-electron chi connectivity index (χ1n) is 10.7. The maximum atomic E-state index is 12.8. The van der Waals surface area contributed by atoms with Gasteiger partial charge in [-0.3, -0.25) is 0 Å². The molecule has 0 unspecified atom stereocenters. The van der Waals surface area contributed by atoms with Crippen molar-refractivity contribution in [2.45, 2.75) is 24.4 Å². The van der Waals surface area contributed by atoms with Gasteiger partial charge in [-0.05, 0) is 24.3 Å². The average molecular weight is 476 g/mol. The summed E-state index contributed by atoms with van der Waals surface area (Å²) in [5.41, 5.74) is 0.878. The number of fused-ring (bicyclic) bond motifs is 1. The predicted octanol–water partition coefficient (Wildman–Crippen LogP) is 1.94. The van der Waals surface area contributed by atoms with Crippen LogP contribution < -0.4 is 0 Å². The van der Waals surface area contributed by atoms with E-state index in [9.17, 15) is 19.8 Å². The molecule has 2 aromatic heterocycles. The Balaban J connectivity index is 1.44. The number of carbonyl (C=O) groups is 2. The first-order chi connectivity index (χ1) is 17.0. The number of aliphatic hydroxyl groups is 1. The number of aliphatic hydroxyl groups excluding tert-OH is 1. The molecule has 11 heteroatoms. The molecule has 2 aromatic carbocycles. The summed E-state index contributed by atoms with van der Waals surface area (Å²) in [5.74, 6) is -1.54.